The first-order valence-corrected chi connectivity index (χ1v) is 11.2. The predicted molar refractivity (Wildman–Crippen MR) is 114 cm³/mol. The van der Waals surface area contributed by atoms with Crippen molar-refractivity contribution in [3.8, 4) is 0 Å². The van der Waals surface area contributed by atoms with Crippen LogP contribution in [0.15, 0.2) is 36.4 Å². The minimum absolute atomic E-state index is 0.266. The number of nitrogens with one attached hydrogen (secondary N) is 2. The molecule has 0 bridgehead atoms. The van der Waals surface area contributed by atoms with Crippen LogP contribution in [0.5, 0.6) is 0 Å². The van der Waals surface area contributed by atoms with E-state index in [-0.39, 0.29) is 5.91 Å². The number of aryl methyl sites for hydroxylation is 2. The molecule has 0 aliphatic heterocycles. The maximum absolute atomic E-state index is 12.8. The summed E-state index contributed by atoms with van der Waals surface area (Å²) in [6, 6.07) is 8.63. The van der Waals surface area contributed by atoms with E-state index in [1.807, 2.05) is 13.0 Å². The number of aromatic nitrogens is 1. The molecule has 0 fully saturated rings. The number of benzene rings is 1. The lowest BCUT2D eigenvalue weighted by Gasteiger charge is -2.10. The molecule has 1 aromatic carbocycles. The molecule has 0 aliphatic carbocycles. The lowest BCUT2D eigenvalue weighted by Crippen LogP contribution is -2.20. The maximum Gasteiger partial charge on any atom is 0.244 e. The molecule has 2 aromatic rings. The van der Waals surface area contributed by atoms with Crippen LogP contribution in [-0.4, -0.2) is 25.6 Å². The van der Waals surface area contributed by atoms with Crippen LogP contribution < -0.4 is 10.0 Å². The zero-order chi connectivity index (χ0) is 21.4. The van der Waals surface area contributed by atoms with Gasteiger partial charge in [0.2, 0.25) is 15.9 Å². The molecule has 0 unspecified atom stereocenters. The summed E-state index contributed by atoms with van der Waals surface area (Å²) in [5, 5.41) is 2.79. The van der Waals surface area contributed by atoms with E-state index >= 15 is 0 Å². The van der Waals surface area contributed by atoms with Crippen LogP contribution in [0, 0.1) is 6.92 Å². The zero-order valence-electron chi connectivity index (χ0n) is 16.8. The van der Waals surface area contributed by atoms with Crippen molar-refractivity contribution in [1.82, 2.24) is 10.3 Å². The van der Waals surface area contributed by atoms with Gasteiger partial charge in [0.25, 0.3) is 0 Å². The second-order valence-corrected chi connectivity index (χ2v) is 8.55. The molecule has 156 valence electrons. The van der Waals surface area contributed by atoms with Gasteiger partial charge >= 0.3 is 0 Å². The van der Waals surface area contributed by atoms with Crippen LogP contribution in [0.25, 0.3) is 6.08 Å². The van der Waals surface area contributed by atoms with Crippen LogP contribution in [0.3, 0.4) is 0 Å². The predicted octanol–water partition coefficient (Wildman–Crippen LogP) is 3.51. The number of sulfonamides is 1. The molecular formula is C21H26FN3O3S. The van der Waals surface area contributed by atoms with E-state index in [9.17, 15) is 17.6 Å². The average molecular weight is 420 g/mol. The van der Waals surface area contributed by atoms with E-state index in [0.29, 0.717) is 24.3 Å². The summed E-state index contributed by atoms with van der Waals surface area (Å²) in [6.07, 6.45) is 5.79. The van der Waals surface area contributed by atoms with Gasteiger partial charge in [0.05, 0.1) is 17.6 Å². The highest BCUT2D eigenvalue weighted by molar-refractivity contribution is 7.92. The summed E-state index contributed by atoms with van der Waals surface area (Å²) in [5.74, 6) is -0.266. The van der Waals surface area contributed by atoms with Gasteiger partial charge in [0.1, 0.15) is 6.67 Å². The van der Waals surface area contributed by atoms with Gasteiger partial charge in [-0.3, -0.25) is 14.5 Å². The van der Waals surface area contributed by atoms with Gasteiger partial charge in [-0.05, 0) is 48.2 Å². The van der Waals surface area contributed by atoms with E-state index in [0.717, 1.165) is 35.1 Å². The Hall–Kier alpha value is -2.74. The summed E-state index contributed by atoms with van der Waals surface area (Å²) in [5.41, 5.74) is 4.09. The van der Waals surface area contributed by atoms with Crippen LogP contribution in [0.1, 0.15) is 41.4 Å². The fraction of sp³-hybridized carbons (Fsp3) is 0.333. The Labute approximate surface area is 171 Å². The summed E-state index contributed by atoms with van der Waals surface area (Å²) in [7, 11) is -3.34. The van der Waals surface area contributed by atoms with E-state index in [1.54, 1.807) is 37.3 Å². The number of carbonyl (C=O) groups is 1. The number of pyridine rings is 1. The van der Waals surface area contributed by atoms with Crippen LogP contribution in [0.2, 0.25) is 0 Å². The quantitative estimate of drug-likeness (QED) is 0.609. The number of alkyl halides is 1. The lowest BCUT2D eigenvalue weighted by atomic mass is 10.1. The molecule has 0 atom stereocenters. The van der Waals surface area contributed by atoms with Gasteiger partial charge in [-0.1, -0.05) is 31.5 Å². The topological polar surface area (TPSA) is 88.2 Å². The monoisotopic (exact) mass is 419 g/mol. The summed E-state index contributed by atoms with van der Waals surface area (Å²) in [6.45, 7) is 3.51. The SMILES string of the molecule is CCCc1nc(CF)ccc1/C=C/C(=O)NCc1ccc(NS(C)(=O)=O)c(C)c1. The second-order valence-electron chi connectivity index (χ2n) is 6.80. The maximum atomic E-state index is 12.8. The Morgan fingerprint density at radius 3 is 2.62 bits per heavy atom. The van der Waals surface area contributed by atoms with Gasteiger partial charge in [0, 0.05) is 18.3 Å². The van der Waals surface area contributed by atoms with Crippen molar-refractivity contribution < 1.29 is 17.6 Å². The smallest absolute Gasteiger partial charge is 0.244 e. The summed E-state index contributed by atoms with van der Waals surface area (Å²) >= 11 is 0. The van der Waals surface area contributed by atoms with Gasteiger partial charge < -0.3 is 5.32 Å². The Morgan fingerprint density at radius 1 is 1.24 bits per heavy atom. The van der Waals surface area contributed by atoms with Crippen molar-refractivity contribution in [2.75, 3.05) is 11.0 Å². The minimum Gasteiger partial charge on any atom is -0.348 e. The number of carbonyl (C=O) groups excluding carboxylic acids is 1. The van der Waals surface area contributed by atoms with Crippen LogP contribution >= 0.6 is 0 Å². The zero-order valence-corrected chi connectivity index (χ0v) is 17.6. The number of amides is 1. The number of rotatable bonds is 9. The molecule has 2 N–H and O–H groups in total. The van der Waals surface area contributed by atoms with Gasteiger partial charge in [-0.2, -0.15) is 0 Å². The highest BCUT2D eigenvalue weighted by atomic mass is 32.2. The van der Waals surface area contributed by atoms with Crippen molar-refractivity contribution in [3.05, 3.63) is 64.5 Å². The van der Waals surface area contributed by atoms with Crippen LogP contribution in [-0.2, 0) is 34.5 Å². The van der Waals surface area contributed by atoms with Crippen LogP contribution in [0.4, 0.5) is 10.1 Å². The highest BCUT2D eigenvalue weighted by Gasteiger charge is 2.07. The Kier molecular flexibility index (Phi) is 7.90. The first-order valence-electron chi connectivity index (χ1n) is 9.30. The van der Waals surface area contributed by atoms with Crippen molar-refractivity contribution in [2.45, 2.75) is 39.9 Å². The number of hydrogen-bond donors (Lipinski definition) is 2. The van der Waals surface area contributed by atoms with E-state index in [1.165, 1.54) is 6.08 Å². The molecule has 1 amide bonds. The fourth-order valence-electron chi connectivity index (χ4n) is 2.78. The molecule has 0 aliphatic rings. The molecule has 0 radical (unpaired) electrons. The number of anilines is 1. The van der Waals surface area contributed by atoms with Crippen molar-refractivity contribution in [1.29, 1.82) is 0 Å². The van der Waals surface area contributed by atoms with Crippen molar-refractivity contribution in [3.63, 3.8) is 0 Å². The molecule has 1 heterocycles. The number of hydrogen-bond acceptors (Lipinski definition) is 4. The Balaban J connectivity index is 2.00. The lowest BCUT2D eigenvalue weighted by molar-refractivity contribution is -0.116. The minimum atomic E-state index is -3.34. The molecule has 8 heteroatoms. The summed E-state index contributed by atoms with van der Waals surface area (Å²) < 4.78 is 37.9. The van der Waals surface area contributed by atoms with Crippen molar-refractivity contribution >= 4 is 27.7 Å². The third kappa shape index (κ3) is 7.30. The molecule has 0 spiro atoms. The Bertz CT molecular complexity index is 1000. The molecule has 6 nitrogen and oxygen atoms in total. The van der Waals surface area contributed by atoms with Crippen molar-refractivity contribution in [2.24, 2.45) is 0 Å². The molecule has 0 saturated heterocycles. The second kappa shape index (κ2) is 10.2. The average Bonchev–Trinajstić information content (AvgIpc) is 2.66. The largest absolute Gasteiger partial charge is 0.348 e. The standard InChI is InChI=1S/C21H26FN3O3S/c1-4-5-20-17(7-9-18(13-22)24-20)8-11-21(26)23-14-16-6-10-19(15(2)12-16)25-29(3,27)28/h6-12,25H,4-5,13-14H2,1-3H3,(H,23,26)/b11-8+. The number of nitrogens with zero attached hydrogens (tertiary/aromatic N) is 1. The normalized spacial score (nSPS) is 11.6. The third-order valence-corrected chi connectivity index (χ3v) is 4.75. The first-order chi connectivity index (χ1) is 13.7. The summed E-state index contributed by atoms with van der Waals surface area (Å²) in [4.78, 5) is 16.4. The number of halogens is 1. The van der Waals surface area contributed by atoms with Gasteiger partial charge in [0.15, 0.2) is 0 Å². The first kappa shape index (κ1) is 22.5. The van der Waals surface area contributed by atoms with Gasteiger partial charge in [-0.15, -0.1) is 0 Å². The van der Waals surface area contributed by atoms with E-state index in [2.05, 4.69) is 15.0 Å². The highest BCUT2D eigenvalue weighted by Crippen LogP contribution is 2.17. The van der Waals surface area contributed by atoms with E-state index in [4.69, 9.17) is 0 Å². The fourth-order valence-corrected chi connectivity index (χ4v) is 3.41. The molecular weight excluding hydrogens is 393 g/mol. The van der Waals surface area contributed by atoms with E-state index < -0.39 is 16.7 Å². The molecule has 1 aromatic heterocycles. The third-order valence-electron chi connectivity index (χ3n) is 4.16. The molecule has 2 rings (SSSR count). The van der Waals surface area contributed by atoms with Gasteiger partial charge in [-0.25, -0.2) is 12.8 Å². The molecule has 29 heavy (non-hydrogen) atoms. The Morgan fingerprint density at radius 2 is 2.00 bits per heavy atom. The molecule has 0 saturated carbocycles.